The van der Waals surface area contributed by atoms with Gasteiger partial charge in [-0.2, -0.15) is 5.10 Å². The van der Waals surface area contributed by atoms with Gasteiger partial charge in [0.2, 0.25) is 0 Å². The first kappa shape index (κ1) is 12.2. The summed E-state index contributed by atoms with van der Waals surface area (Å²) in [4.78, 5) is 0. The van der Waals surface area contributed by atoms with Crippen LogP contribution in [0.15, 0.2) is 12.3 Å². The van der Waals surface area contributed by atoms with Crippen molar-refractivity contribution in [3.63, 3.8) is 0 Å². The maximum absolute atomic E-state index is 4.70. The van der Waals surface area contributed by atoms with E-state index < -0.39 is 0 Å². The summed E-state index contributed by atoms with van der Waals surface area (Å²) in [5.74, 6) is 0.747. The van der Waals surface area contributed by atoms with Crippen LogP contribution in [0.4, 0.5) is 0 Å². The average molecular weight is 285 g/mol. The molecular weight excluding hydrogens is 264 g/mol. The predicted molar refractivity (Wildman–Crippen MR) is 71.0 cm³/mol. The largest absolute Gasteiger partial charge is 0.269 e. The van der Waals surface area contributed by atoms with E-state index in [-0.39, 0.29) is 0 Å². The van der Waals surface area contributed by atoms with Crippen molar-refractivity contribution in [1.82, 2.24) is 9.78 Å². The monoisotopic (exact) mass is 284 g/mol. The molecule has 2 nitrogen and oxygen atoms in total. The fourth-order valence-electron chi connectivity index (χ4n) is 2.35. The van der Waals surface area contributed by atoms with Crippen molar-refractivity contribution in [1.29, 1.82) is 0 Å². The van der Waals surface area contributed by atoms with Crippen LogP contribution in [0.3, 0.4) is 0 Å². The summed E-state index contributed by atoms with van der Waals surface area (Å²) >= 11 is 3.52. The van der Waals surface area contributed by atoms with Crippen LogP contribution in [0.1, 0.15) is 50.8 Å². The van der Waals surface area contributed by atoms with E-state index in [0.717, 1.165) is 17.7 Å². The lowest BCUT2D eigenvalue weighted by molar-refractivity contribution is 0.460. The standard InChI is InChI=1S/C13H21BrN2/c1-11(10-14)6-7-12-8-9-16(15-12)13-4-2-3-5-13/h8-9,11,13H,2-7,10H2,1H3. The van der Waals surface area contributed by atoms with E-state index in [2.05, 4.69) is 39.8 Å². The molecule has 1 fully saturated rings. The van der Waals surface area contributed by atoms with Gasteiger partial charge in [0.15, 0.2) is 0 Å². The highest BCUT2D eigenvalue weighted by atomic mass is 79.9. The number of aryl methyl sites for hydroxylation is 1. The fraction of sp³-hybridized carbons (Fsp3) is 0.769. The molecule has 1 heterocycles. The van der Waals surface area contributed by atoms with Crippen molar-refractivity contribution in [2.75, 3.05) is 5.33 Å². The molecule has 0 aromatic carbocycles. The van der Waals surface area contributed by atoms with Gasteiger partial charge in [-0.25, -0.2) is 0 Å². The van der Waals surface area contributed by atoms with E-state index in [1.54, 1.807) is 0 Å². The van der Waals surface area contributed by atoms with E-state index in [0.29, 0.717) is 6.04 Å². The molecule has 16 heavy (non-hydrogen) atoms. The third-order valence-corrected chi connectivity index (χ3v) is 4.62. The van der Waals surface area contributed by atoms with Gasteiger partial charge in [0, 0.05) is 11.5 Å². The summed E-state index contributed by atoms with van der Waals surface area (Å²) in [6, 6.07) is 2.88. The maximum atomic E-state index is 4.70. The summed E-state index contributed by atoms with van der Waals surface area (Å²) in [6.45, 7) is 2.28. The Labute approximate surface area is 107 Å². The molecule has 1 saturated carbocycles. The van der Waals surface area contributed by atoms with Crippen LogP contribution in [0.2, 0.25) is 0 Å². The number of hydrogen-bond donors (Lipinski definition) is 0. The van der Waals surface area contributed by atoms with Crippen LogP contribution in [0, 0.1) is 5.92 Å². The Morgan fingerprint density at radius 3 is 2.94 bits per heavy atom. The van der Waals surface area contributed by atoms with Crippen LogP contribution >= 0.6 is 15.9 Å². The van der Waals surface area contributed by atoms with E-state index in [1.807, 2.05) is 0 Å². The van der Waals surface area contributed by atoms with E-state index in [9.17, 15) is 0 Å². The minimum absolute atomic E-state index is 0.683. The summed E-state index contributed by atoms with van der Waals surface area (Å²) in [5, 5.41) is 5.79. The van der Waals surface area contributed by atoms with Gasteiger partial charge in [-0.15, -0.1) is 0 Å². The third-order valence-electron chi connectivity index (χ3n) is 3.52. The third kappa shape index (κ3) is 3.09. The number of rotatable bonds is 5. The van der Waals surface area contributed by atoms with Crippen molar-refractivity contribution in [3.8, 4) is 0 Å². The van der Waals surface area contributed by atoms with Crippen LogP contribution < -0.4 is 0 Å². The molecule has 1 atom stereocenters. The summed E-state index contributed by atoms with van der Waals surface area (Å²) in [5.41, 5.74) is 1.26. The fourth-order valence-corrected chi connectivity index (χ4v) is 2.68. The van der Waals surface area contributed by atoms with Crippen LogP contribution in [0.25, 0.3) is 0 Å². The van der Waals surface area contributed by atoms with Crippen molar-refractivity contribution in [3.05, 3.63) is 18.0 Å². The molecule has 0 aliphatic heterocycles. The molecule has 1 aromatic rings. The predicted octanol–water partition coefficient (Wildman–Crippen LogP) is 3.96. The highest BCUT2D eigenvalue weighted by Gasteiger charge is 2.17. The minimum atomic E-state index is 0.683. The van der Waals surface area contributed by atoms with Gasteiger partial charge in [-0.3, -0.25) is 4.68 Å². The average Bonchev–Trinajstić information content (AvgIpc) is 2.95. The first-order valence-electron chi connectivity index (χ1n) is 6.39. The maximum Gasteiger partial charge on any atom is 0.0624 e. The molecule has 2 rings (SSSR count). The molecular formula is C13H21BrN2. The smallest absolute Gasteiger partial charge is 0.0624 e. The second kappa shape index (κ2) is 5.85. The summed E-state index contributed by atoms with van der Waals surface area (Å²) in [6.07, 6.45) is 9.91. The quantitative estimate of drug-likeness (QED) is 0.749. The van der Waals surface area contributed by atoms with Crippen molar-refractivity contribution >= 4 is 15.9 Å². The molecule has 1 aliphatic carbocycles. The molecule has 0 N–H and O–H groups in total. The molecule has 1 aliphatic rings. The number of nitrogens with zero attached hydrogens (tertiary/aromatic N) is 2. The Bertz CT molecular complexity index is 315. The van der Waals surface area contributed by atoms with Gasteiger partial charge in [0.05, 0.1) is 11.7 Å². The first-order valence-corrected chi connectivity index (χ1v) is 7.51. The zero-order valence-corrected chi connectivity index (χ0v) is 11.6. The molecule has 0 amide bonds. The van der Waals surface area contributed by atoms with Gasteiger partial charge >= 0.3 is 0 Å². The van der Waals surface area contributed by atoms with Gasteiger partial charge in [-0.1, -0.05) is 35.7 Å². The van der Waals surface area contributed by atoms with E-state index >= 15 is 0 Å². The Morgan fingerprint density at radius 2 is 2.25 bits per heavy atom. The van der Waals surface area contributed by atoms with Crippen molar-refractivity contribution < 1.29 is 0 Å². The highest BCUT2D eigenvalue weighted by molar-refractivity contribution is 9.09. The molecule has 1 aromatic heterocycles. The zero-order chi connectivity index (χ0) is 11.4. The lowest BCUT2D eigenvalue weighted by atomic mass is 10.1. The lowest BCUT2D eigenvalue weighted by Crippen LogP contribution is -2.06. The Kier molecular flexibility index (Phi) is 4.45. The van der Waals surface area contributed by atoms with Crippen molar-refractivity contribution in [2.45, 2.75) is 51.5 Å². The molecule has 0 bridgehead atoms. The Hall–Kier alpha value is -0.310. The van der Waals surface area contributed by atoms with Crippen molar-refractivity contribution in [2.24, 2.45) is 5.92 Å². The summed E-state index contributed by atoms with van der Waals surface area (Å²) < 4.78 is 2.20. The Balaban J connectivity index is 1.86. The van der Waals surface area contributed by atoms with Gasteiger partial charge in [0.25, 0.3) is 0 Å². The van der Waals surface area contributed by atoms with Gasteiger partial charge < -0.3 is 0 Å². The first-order chi connectivity index (χ1) is 7.79. The SMILES string of the molecule is CC(CBr)CCc1ccn(C2CCCC2)n1. The zero-order valence-electron chi connectivity index (χ0n) is 10.0. The molecule has 0 saturated heterocycles. The number of halogens is 1. The lowest BCUT2D eigenvalue weighted by Gasteiger charge is -2.09. The number of hydrogen-bond acceptors (Lipinski definition) is 1. The van der Waals surface area contributed by atoms with Crippen LogP contribution in [-0.4, -0.2) is 15.1 Å². The van der Waals surface area contributed by atoms with Gasteiger partial charge in [0.1, 0.15) is 0 Å². The minimum Gasteiger partial charge on any atom is -0.269 e. The summed E-state index contributed by atoms with van der Waals surface area (Å²) in [7, 11) is 0. The molecule has 0 spiro atoms. The number of alkyl halides is 1. The van der Waals surface area contributed by atoms with E-state index in [4.69, 9.17) is 5.10 Å². The normalized spacial score (nSPS) is 19.1. The second-order valence-electron chi connectivity index (χ2n) is 5.02. The van der Waals surface area contributed by atoms with Crippen LogP contribution in [0.5, 0.6) is 0 Å². The topological polar surface area (TPSA) is 17.8 Å². The van der Waals surface area contributed by atoms with E-state index in [1.165, 1.54) is 37.8 Å². The van der Waals surface area contributed by atoms with Gasteiger partial charge in [-0.05, 0) is 37.7 Å². The second-order valence-corrected chi connectivity index (χ2v) is 5.67. The highest BCUT2D eigenvalue weighted by Crippen LogP contribution is 2.28. The van der Waals surface area contributed by atoms with Crippen LogP contribution in [-0.2, 0) is 6.42 Å². The Morgan fingerprint density at radius 1 is 1.50 bits per heavy atom. The molecule has 90 valence electrons. The number of aromatic nitrogens is 2. The molecule has 3 heteroatoms. The molecule has 0 radical (unpaired) electrons. The molecule has 1 unspecified atom stereocenters.